The number of esters is 1. The Kier molecular flexibility index (Phi) is 5.73. The molecule has 0 saturated heterocycles. The second kappa shape index (κ2) is 8.07. The van der Waals surface area contributed by atoms with Gasteiger partial charge in [0.05, 0.1) is 5.92 Å². The van der Waals surface area contributed by atoms with E-state index in [9.17, 15) is 14.4 Å². The molecule has 3 rings (SSSR count). The average molecular weight is 395 g/mol. The predicted molar refractivity (Wildman–Crippen MR) is 109 cm³/mol. The fourth-order valence-corrected chi connectivity index (χ4v) is 3.21. The minimum Gasteiger partial charge on any atom is -0.482 e. The first-order chi connectivity index (χ1) is 13.7. The molecule has 0 radical (unpaired) electrons. The number of nitrogens with one attached hydrogen (secondary N) is 1. The van der Waals surface area contributed by atoms with E-state index in [2.05, 4.69) is 26.1 Å². The summed E-state index contributed by atoms with van der Waals surface area (Å²) in [5, 5.41) is 2.76. The first-order valence-electron chi connectivity index (χ1n) is 9.53. The van der Waals surface area contributed by atoms with Crippen LogP contribution in [0.4, 0.5) is 5.69 Å². The van der Waals surface area contributed by atoms with Gasteiger partial charge in [0.25, 0.3) is 0 Å². The molecular weight excluding hydrogens is 370 g/mol. The van der Waals surface area contributed by atoms with Crippen LogP contribution < -0.4 is 10.1 Å². The van der Waals surface area contributed by atoms with E-state index in [0.717, 1.165) is 11.1 Å². The summed E-state index contributed by atoms with van der Waals surface area (Å²) in [4.78, 5) is 36.1. The first kappa shape index (κ1) is 20.6. The van der Waals surface area contributed by atoms with E-state index in [4.69, 9.17) is 9.47 Å². The molecule has 29 heavy (non-hydrogen) atoms. The number of ketones is 1. The van der Waals surface area contributed by atoms with E-state index in [0.29, 0.717) is 17.0 Å². The van der Waals surface area contributed by atoms with Crippen molar-refractivity contribution in [1.82, 2.24) is 0 Å². The molecule has 1 amide bonds. The van der Waals surface area contributed by atoms with Gasteiger partial charge in [-0.15, -0.1) is 0 Å². The van der Waals surface area contributed by atoms with E-state index < -0.39 is 5.97 Å². The maximum atomic E-state index is 12.4. The van der Waals surface area contributed by atoms with E-state index >= 15 is 0 Å². The van der Waals surface area contributed by atoms with Crippen LogP contribution in [0.15, 0.2) is 42.5 Å². The number of rotatable bonds is 6. The van der Waals surface area contributed by atoms with Crippen LogP contribution in [-0.2, 0) is 19.7 Å². The Morgan fingerprint density at radius 3 is 2.52 bits per heavy atom. The van der Waals surface area contributed by atoms with E-state index in [-0.39, 0.29) is 36.2 Å². The summed E-state index contributed by atoms with van der Waals surface area (Å²) in [6.07, 6.45) is 0. The molecule has 0 aliphatic carbocycles. The molecule has 1 heterocycles. The summed E-state index contributed by atoms with van der Waals surface area (Å²) in [6, 6.07) is 12.5. The normalized spacial score (nSPS) is 15.4. The molecule has 152 valence electrons. The number of benzene rings is 2. The average Bonchev–Trinajstić information content (AvgIpc) is 2.97. The van der Waals surface area contributed by atoms with Crippen molar-refractivity contribution in [3.8, 4) is 5.75 Å². The van der Waals surface area contributed by atoms with Crippen LogP contribution >= 0.6 is 0 Å². The lowest BCUT2D eigenvalue weighted by Gasteiger charge is -2.22. The Balaban J connectivity index is 1.56. The number of Topliss-reactive ketones (excluding diaryl/α,β-unsaturated/α-hetero) is 1. The zero-order chi connectivity index (χ0) is 21.2. The number of anilines is 1. The van der Waals surface area contributed by atoms with Gasteiger partial charge in [-0.05, 0) is 47.7 Å². The second-order valence-corrected chi connectivity index (χ2v) is 8.13. The molecule has 2 aromatic rings. The Labute approximate surface area is 170 Å². The molecule has 0 spiro atoms. The predicted octanol–water partition coefficient (Wildman–Crippen LogP) is 3.84. The van der Waals surface area contributed by atoms with Crippen LogP contribution in [0.3, 0.4) is 0 Å². The van der Waals surface area contributed by atoms with Crippen molar-refractivity contribution in [3.63, 3.8) is 0 Å². The standard InChI is InChI=1S/C23H25NO5/c1-14-16-11-15(9-10-18(16)24-22(14)27)19(25)12-29-21(26)13-28-20-8-6-5-7-17(20)23(2,3)4/h5-11,14H,12-13H2,1-4H3,(H,24,27)/t14-/m0/s1. The highest BCUT2D eigenvalue weighted by molar-refractivity contribution is 6.05. The topological polar surface area (TPSA) is 81.7 Å². The van der Waals surface area contributed by atoms with E-state index in [1.54, 1.807) is 31.2 Å². The van der Waals surface area contributed by atoms with Gasteiger partial charge in [-0.2, -0.15) is 0 Å². The molecule has 1 aliphatic heterocycles. The van der Waals surface area contributed by atoms with Gasteiger partial charge >= 0.3 is 5.97 Å². The van der Waals surface area contributed by atoms with Gasteiger partial charge in [-0.25, -0.2) is 4.79 Å². The number of fused-ring (bicyclic) bond motifs is 1. The number of carbonyl (C=O) groups excluding carboxylic acids is 3. The molecule has 1 atom stereocenters. The molecule has 0 saturated carbocycles. The zero-order valence-electron chi connectivity index (χ0n) is 17.1. The molecule has 6 heteroatoms. The third-order valence-electron chi connectivity index (χ3n) is 4.90. The van der Waals surface area contributed by atoms with Crippen molar-refractivity contribution in [1.29, 1.82) is 0 Å². The lowest BCUT2D eigenvalue weighted by Crippen LogP contribution is -2.21. The quantitative estimate of drug-likeness (QED) is 0.594. The highest BCUT2D eigenvalue weighted by Crippen LogP contribution is 2.33. The number of ether oxygens (including phenoxy) is 2. The third kappa shape index (κ3) is 4.65. The molecule has 0 aromatic heterocycles. The third-order valence-corrected chi connectivity index (χ3v) is 4.90. The monoisotopic (exact) mass is 395 g/mol. The van der Waals surface area contributed by atoms with Crippen LogP contribution in [0.1, 0.15) is 55.1 Å². The number of para-hydroxylation sites is 1. The minimum atomic E-state index is -0.617. The molecule has 1 N–H and O–H groups in total. The molecular formula is C23H25NO5. The minimum absolute atomic E-state index is 0.0938. The van der Waals surface area contributed by atoms with Crippen LogP contribution in [0.2, 0.25) is 0 Å². The van der Waals surface area contributed by atoms with E-state index in [1.165, 1.54) is 0 Å². The Morgan fingerprint density at radius 1 is 1.07 bits per heavy atom. The van der Waals surface area contributed by atoms with Gasteiger partial charge in [0.1, 0.15) is 5.75 Å². The highest BCUT2D eigenvalue weighted by Gasteiger charge is 2.27. The van der Waals surface area contributed by atoms with Crippen molar-refractivity contribution < 1.29 is 23.9 Å². The Bertz CT molecular complexity index is 958. The summed E-state index contributed by atoms with van der Waals surface area (Å²) >= 11 is 0. The van der Waals surface area contributed by atoms with Crippen molar-refractivity contribution in [2.24, 2.45) is 0 Å². The molecule has 2 aromatic carbocycles. The lowest BCUT2D eigenvalue weighted by molar-refractivity contribution is -0.144. The maximum absolute atomic E-state index is 12.4. The van der Waals surface area contributed by atoms with Gasteiger partial charge in [-0.1, -0.05) is 39.0 Å². The fraction of sp³-hybridized carbons (Fsp3) is 0.348. The molecule has 0 unspecified atom stereocenters. The summed E-state index contributed by atoms with van der Waals surface area (Å²) in [5.74, 6) is -0.732. The molecule has 6 nitrogen and oxygen atoms in total. The van der Waals surface area contributed by atoms with Gasteiger partial charge in [0.2, 0.25) is 5.91 Å². The largest absolute Gasteiger partial charge is 0.482 e. The maximum Gasteiger partial charge on any atom is 0.344 e. The number of amides is 1. The van der Waals surface area contributed by atoms with Gasteiger partial charge in [0.15, 0.2) is 19.0 Å². The summed E-state index contributed by atoms with van der Waals surface area (Å²) in [6.45, 7) is 7.31. The van der Waals surface area contributed by atoms with Gasteiger partial charge in [-0.3, -0.25) is 9.59 Å². The van der Waals surface area contributed by atoms with Crippen molar-refractivity contribution in [3.05, 3.63) is 59.2 Å². The number of hydrogen-bond donors (Lipinski definition) is 1. The lowest BCUT2D eigenvalue weighted by atomic mass is 9.86. The summed E-state index contributed by atoms with van der Waals surface area (Å²) in [7, 11) is 0. The van der Waals surface area contributed by atoms with Crippen molar-refractivity contribution in [2.45, 2.75) is 39.0 Å². The van der Waals surface area contributed by atoms with Crippen molar-refractivity contribution >= 4 is 23.3 Å². The zero-order valence-corrected chi connectivity index (χ0v) is 17.1. The van der Waals surface area contributed by atoms with Crippen LogP contribution in [0.25, 0.3) is 0 Å². The van der Waals surface area contributed by atoms with Crippen LogP contribution in [0, 0.1) is 0 Å². The fourth-order valence-electron chi connectivity index (χ4n) is 3.21. The second-order valence-electron chi connectivity index (χ2n) is 8.13. The molecule has 0 fully saturated rings. The Hall–Kier alpha value is -3.15. The number of carbonyl (C=O) groups is 3. The SMILES string of the molecule is C[C@@H]1C(=O)Nc2ccc(C(=O)COC(=O)COc3ccccc3C(C)(C)C)cc21. The number of hydrogen-bond acceptors (Lipinski definition) is 5. The van der Waals surface area contributed by atoms with Crippen molar-refractivity contribution in [2.75, 3.05) is 18.5 Å². The van der Waals surface area contributed by atoms with Gasteiger partial charge < -0.3 is 14.8 Å². The highest BCUT2D eigenvalue weighted by atomic mass is 16.6. The van der Waals surface area contributed by atoms with E-state index in [1.807, 2.05) is 18.2 Å². The van der Waals surface area contributed by atoms with Crippen LogP contribution in [-0.4, -0.2) is 30.9 Å². The smallest absolute Gasteiger partial charge is 0.344 e. The summed E-state index contributed by atoms with van der Waals surface area (Å²) < 4.78 is 10.7. The van der Waals surface area contributed by atoms with Gasteiger partial charge in [0, 0.05) is 11.3 Å². The summed E-state index contributed by atoms with van der Waals surface area (Å²) in [5.41, 5.74) is 2.74. The first-order valence-corrected chi connectivity index (χ1v) is 9.53. The molecule has 0 bridgehead atoms. The van der Waals surface area contributed by atoms with Crippen LogP contribution in [0.5, 0.6) is 5.75 Å². The molecule has 1 aliphatic rings. The Morgan fingerprint density at radius 2 is 1.79 bits per heavy atom.